The molecule has 0 aromatic heterocycles. The second-order valence-corrected chi connectivity index (χ2v) is 7.47. The topological polar surface area (TPSA) is 0 Å². The number of hydrogen-bond acceptors (Lipinski definition) is 0. The van der Waals surface area contributed by atoms with E-state index in [1.54, 1.807) is 0 Å². The van der Waals surface area contributed by atoms with E-state index in [1.165, 1.54) is 11.1 Å². The molecule has 2 aromatic carbocycles. The molecule has 2 rings (SSSR count). The van der Waals surface area contributed by atoms with Gasteiger partial charge in [0.2, 0.25) is 9.85 Å². The summed E-state index contributed by atoms with van der Waals surface area (Å²) in [6, 6.07) is 20.5. The molecule has 0 unspecified atom stereocenters. The maximum atomic E-state index is 13.5. The Balaban J connectivity index is 2.49. The van der Waals surface area contributed by atoms with Crippen LogP contribution in [-0.2, 0) is 0 Å². The van der Waals surface area contributed by atoms with Gasteiger partial charge in [0.15, 0.2) is 0 Å². The average molecular weight is 258 g/mol. The summed E-state index contributed by atoms with van der Waals surface area (Å²) in [7, 11) is -1.59. The van der Waals surface area contributed by atoms with Crippen LogP contribution in [0.4, 0.5) is 4.11 Å². The second kappa shape index (κ2) is 5.49. The van der Waals surface area contributed by atoms with E-state index >= 15 is 0 Å². The highest BCUT2D eigenvalue weighted by molar-refractivity contribution is 6.31. The maximum Gasteiger partial charge on any atom is 0.223 e. The predicted octanol–water partition coefficient (Wildman–Crippen LogP) is 4.07. The van der Waals surface area contributed by atoms with Gasteiger partial charge in [-0.05, 0) is 16.2 Å². The van der Waals surface area contributed by atoms with Gasteiger partial charge in [0.25, 0.3) is 0 Å². The molecule has 0 nitrogen and oxygen atoms in total. The Hall–Kier alpha value is -1.41. The van der Waals surface area contributed by atoms with Gasteiger partial charge in [0.05, 0.1) is 0 Å². The molecule has 0 radical (unpaired) electrons. The van der Waals surface area contributed by atoms with Gasteiger partial charge < -0.3 is 4.11 Å². The normalized spacial score (nSPS) is 12.4. The van der Waals surface area contributed by atoms with Gasteiger partial charge in [-0.25, -0.2) is 0 Å². The summed E-state index contributed by atoms with van der Waals surface area (Å²) in [4.78, 5) is 0. The molecular formula is C16H19FSi. The Bertz CT molecular complexity index is 439. The van der Waals surface area contributed by atoms with E-state index in [2.05, 4.69) is 24.3 Å². The first-order valence-electron chi connectivity index (χ1n) is 6.31. The molecule has 0 bridgehead atoms. The lowest BCUT2D eigenvalue weighted by Crippen LogP contribution is -2.21. The van der Waals surface area contributed by atoms with Gasteiger partial charge in [-0.3, -0.25) is 0 Å². The summed E-state index contributed by atoms with van der Waals surface area (Å²) < 4.78 is 13.5. The van der Waals surface area contributed by atoms with Crippen LogP contribution in [0.3, 0.4) is 0 Å². The quantitative estimate of drug-likeness (QED) is 0.573. The lowest BCUT2D eigenvalue weighted by Gasteiger charge is -2.32. The van der Waals surface area contributed by atoms with Crippen LogP contribution < -0.4 is 0 Å². The fourth-order valence-electron chi connectivity index (χ4n) is 2.46. The third-order valence-corrected chi connectivity index (χ3v) is 4.49. The monoisotopic (exact) mass is 258 g/mol. The molecule has 0 aliphatic rings. The van der Waals surface area contributed by atoms with Crippen LogP contribution in [0.5, 0.6) is 0 Å². The smallest absolute Gasteiger partial charge is 0.223 e. The predicted molar refractivity (Wildman–Crippen MR) is 78.4 cm³/mol. The molecular weight excluding hydrogens is 239 g/mol. The number of halogens is 1. The highest BCUT2D eigenvalue weighted by Gasteiger charge is 2.32. The van der Waals surface area contributed by atoms with Gasteiger partial charge in [-0.2, -0.15) is 0 Å². The van der Waals surface area contributed by atoms with Crippen molar-refractivity contribution in [3.05, 3.63) is 71.8 Å². The molecule has 2 aromatic rings. The van der Waals surface area contributed by atoms with Gasteiger partial charge in [-0.15, -0.1) is 0 Å². The number of hydrogen-bond donors (Lipinski definition) is 0. The molecule has 0 spiro atoms. The average Bonchev–Trinajstić information content (AvgIpc) is 2.41. The molecule has 0 aliphatic heterocycles. The van der Waals surface area contributed by atoms with Crippen molar-refractivity contribution < 1.29 is 4.11 Å². The van der Waals surface area contributed by atoms with Crippen molar-refractivity contribution in [2.45, 2.75) is 24.8 Å². The van der Waals surface area contributed by atoms with Crippen LogP contribution in [0.1, 0.15) is 30.9 Å². The molecule has 0 heterocycles. The molecule has 0 aliphatic carbocycles. The summed E-state index contributed by atoms with van der Waals surface area (Å²) in [5.41, 5.74) is 2.41. The van der Waals surface area contributed by atoms with Crippen LogP contribution in [0, 0.1) is 0 Å². The van der Waals surface area contributed by atoms with Crippen molar-refractivity contribution in [3.63, 3.8) is 0 Å². The van der Waals surface area contributed by atoms with E-state index in [-0.39, 0.29) is 11.0 Å². The Morgan fingerprint density at radius 2 is 1.22 bits per heavy atom. The minimum absolute atomic E-state index is 0.150. The third-order valence-electron chi connectivity index (χ3n) is 3.39. The second-order valence-electron chi connectivity index (χ2n) is 5.38. The zero-order valence-corrected chi connectivity index (χ0v) is 12.4. The Morgan fingerprint density at radius 1 is 0.833 bits per heavy atom. The van der Waals surface area contributed by atoms with E-state index in [1.807, 2.05) is 50.2 Å². The molecule has 0 atom stereocenters. The van der Waals surface area contributed by atoms with Crippen molar-refractivity contribution in [3.8, 4) is 0 Å². The van der Waals surface area contributed by atoms with Crippen molar-refractivity contribution in [2.75, 3.05) is 0 Å². The Labute approximate surface area is 111 Å². The van der Waals surface area contributed by atoms with Crippen molar-refractivity contribution >= 4 is 9.85 Å². The van der Waals surface area contributed by atoms with E-state index in [9.17, 15) is 4.11 Å². The first kappa shape index (κ1) is 13.0. The summed E-state index contributed by atoms with van der Waals surface area (Å²) in [5.74, 6) is 0.150. The van der Waals surface area contributed by atoms with Crippen molar-refractivity contribution in [1.82, 2.24) is 0 Å². The molecule has 0 amide bonds. The fraction of sp³-hybridized carbons (Fsp3) is 0.250. The number of benzene rings is 2. The molecule has 2 heteroatoms. The largest absolute Gasteiger partial charge is 0.322 e. The highest BCUT2D eigenvalue weighted by Crippen LogP contribution is 2.45. The lowest BCUT2D eigenvalue weighted by molar-refractivity contribution is 0.551. The standard InChI is InChI=1S/C16H19FSi/c1-16(2,18-17)15(13-9-5-3-6-10-13)14-11-7-4-8-12-14/h3-12,15H,18H2,1-2H3. The van der Waals surface area contributed by atoms with E-state index in [0.29, 0.717) is 0 Å². The molecule has 0 saturated carbocycles. The first-order valence-corrected chi connectivity index (χ1v) is 7.55. The van der Waals surface area contributed by atoms with E-state index in [0.717, 1.165) is 0 Å². The molecule has 0 fully saturated rings. The molecule has 18 heavy (non-hydrogen) atoms. The number of rotatable bonds is 4. The van der Waals surface area contributed by atoms with Crippen LogP contribution in [0.15, 0.2) is 60.7 Å². The van der Waals surface area contributed by atoms with Gasteiger partial charge >= 0.3 is 0 Å². The highest BCUT2D eigenvalue weighted by atomic mass is 28.3. The summed E-state index contributed by atoms with van der Waals surface area (Å²) in [6.45, 7) is 4.09. The summed E-state index contributed by atoms with van der Waals surface area (Å²) >= 11 is 0. The van der Waals surface area contributed by atoms with Crippen LogP contribution in [0.25, 0.3) is 0 Å². The summed E-state index contributed by atoms with van der Waals surface area (Å²) in [6.07, 6.45) is 0. The van der Waals surface area contributed by atoms with E-state index in [4.69, 9.17) is 0 Å². The summed E-state index contributed by atoms with van der Waals surface area (Å²) in [5, 5.41) is -0.261. The van der Waals surface area contributed by atoms with Crippen LogP contribution >= 0.6 is 0 Å². The lowest BCUT2D eigenvalue weighted by atomic mass is 9.82. The van der Waals surface area contributed by atoms with Crippen molar-refractivity contribution in [1.29, 1.82) is 0 Å². The van der Waals surface area contributed by atoms with Crippen LogP contribution in [-0.4, -0.2) is 9.85 Å². The van der Waals surface area contributed by atoms with E-state index < -0.39 is 9.85 Å². The Kier molecular flexibility index (Phi) is 3.97. The minimum Gasteiger partial charge on any atom is -0.322 e. The molecule has 94 valence electrons. The zero-order valence-electron chi connectivity index (χ0n) is 10.9. The molecule has 0 N–H and O–H groups in total. The zero-order chi connectivity index (χ0) is 13.0. The first-order chi connectivity index (χ1) is 8.65. The van der Waals surface area contributed by atoms with Crippen LogP contribution in [0.2, 0.25) is 5.04 Å². The third kappa shape index (κ3) is 2.70. The van der Waals surface area contributed by atoms with Gasteiger partial charge in [0.1, 0.15) is 0 Å². The SMILES string of the molecule is CC(C)([SiH2]F)C(c1ccccc1)c1ccccc1. The van der Waals surface area contributed by atoms with Gasteiger partial charge in [-0.1, -0.05) is 74.5 Å². The molecule has 0 saturated heterocycles. The van der Waals surface area contributed by atoms with Crippen molar-refractivity contribution in [2.24, 2.45) is 0 Å². The minimum atomic E-state index is -1.59. The maximum absolute atomic E-state index is 13.5. The van der Waals surface area contributed by atoms with Gasteiger partial charge in [0, 0.05) is 5.92 Å². The Morgan fingerprint density at radius 3 is 1.56 bits per heavy atom. The fourth-order valence-corrected chi connectivity index (χ4v) is 3.09.